The predicted molar refractivity (Wildman–Crippen MR) is 74.9 cm³/mol. The third-order valence-electron chi connectivity index (χ3n) is 4.43. The van der Waals surface area contributed by atoms with Crippen LogP contribution in [0.2, 0.25) is 0 Å². The van der Waals surface area contributed by atoms with Crippen LogP contribution in [0.1, 0.15) is 64.6 Å². The van der Waals surface area contributed by atoms with Crippen LogP contribution in [0.3, 0.4) is 0 Å². The number of aromatic amines is 1. The first-order valence-electron chi connectivity index (χ1n) is 6.82. The number of aromatic nitrogens is 2. The fourth-order valence-corrected chi connectivity index (χ4v) is 3.40. The van der Waals surface area contributed by atoms with Crippen molar-refractivity contribution in [1.82, 2.24) is 9.55 Å². The summed E-state index contributed by atoms with van der Waals surface area (Å²) >= 11 is 5.47. The van der Waals surface area contributed by atoms with E-state index in [-0.39, 0.29) is 0 Å². The van der Waals surface area contributed by atoms with Gasteiger partial charge < -0.3 is 9.55 Å². The molecule has 3 heteroatoms. The molecule has 0 saturated heterocycles. The summed E-state index contributed by atoms with van der Waals surface area (Å²) in [6, 6.07) is 0.592. The Hall–Kier alpha value is -0.570. The Labute approximate surface area is 109 Å². The summed E-state index contributed by atoms with van der Waals surface area (Å²) < 4.78 is 3.29. The minimum atomic E-state index is 0.535. The molecule has 0 bridgehead atoms. The fourth-order valence-electron chi connectivity index (χ4n) is 3.10. The highest BCUT2D eigenvalue weighted by atomic mass is 32.1. The van der Waals surface area contributed by atoms with Crippen LogP contribution in [0.25, 0.3) is 0 Å². The van der Waals surface area contributed by atoms with Gasteiger partial charge in [-0.3, -0.25) is 0 Å². The zero-order valence-corrected chi connectivity index (χ0v) is 12.2. The first-order chi connectivity index (χ1) is 8.02. The maximum absolute atomic E-state index is 5.47. The van der Waals surface area contributed by atoms with Crippen molar-refractivity contribution in [2.45, 2.75) is 58.9 Å². The van der Waals surface area contributed by atoms with Gasteiger partial charge in [-0.1, -0.05) is 40.5 Å². The second kappa shape index (κ2) is 4.97. The first kappa shape index (κ1) is 12.9. The van der Waals surface area contributed by atoms with Gasteiger partial charge in [-0.05, 0) is 36.4 Å². The van der Waals surface area contributed by atoms with E-state index in [4.69, 9.17) is 12.2 Å². The summed E-state index contributed by atoms with van der Waals surface area (Å²) in [7, 11) is 0. The standard InChI is InChI=1S/C14H24N2S/c1-9(2)13-8-15-14(17)16(13)12-7-5-6-10(3)11(12)4/h8-12H,5-7H2,1-4H3,(H,15,17). The summed E-state index contributed by atoms with van der Waals surface area (Å²) in [5.74, 6) is 2.07. The Balaban J connectivity index is 2.39. The van der Waals surface area contributed by atoms with Crippen molar-refractivity contribution in [2.24, 2.45) is 11.8 Å². The number of rotatable bonds is 2. The van der Waals surface area contributed by atoms with Gasteiger partial charge in [-0.15, -0.1) is 0 Å². The molecule has 1 aliphatic rings. The van der Waals surface area contributed by atoms with Crippen LogP contribution in [0.5, 0.6) is 0 Å². The van der Waals surface area contributed by atoms with E-state index in [2.05, 4.69) is 43.4 Å². The molecule has 1 heterocycles. The lowest BCUT2D eigenvalue weighted by molar-refractivity contribution is 0.181. The minimum absolute atomic E-state index is 0.535. The number of nitrogens with one attached hydrogen (secondary N) is 1. The molecule has 17 heavy (non-hydrogen) atoms. The molecule has 3 atom stereocenters. The molecule has 1 aromatic rings. The number of nitrogens with zero attached hydrogens (tertiary/aromatic N) is 1. The Kier molecular flexibility index (Phi) is 3.76. The van der Waals surface area contributed by atoms with Gasteiger partial charge in [0.2, 0.25) is 0 Å². The van der Waals surface area contributed by atoms with Crippen LogP contribution in [-0.4, -0.2) is 9.55 Å². The molecule has 1 aromatic heterocycles. The third-order valence-corrected chi connectivity index (χ3v) is 4.74. The predicted octanol–water partition coefficient (Wildman–Crippen LogP) is 4.67. The number of hydrogen-bond donors (Lipinski definition) is 1. The highest BCUT2D eigenvalue weighted by molar-refractivity contribution is 7.71. The van der Waals surface area contributed by atoms with Gasteiger partial charge >= 0.3 is 0 Å². The SMILES string of the molecule is CC(C)c1c[nH]c(=S)n1C1CCCC(C)C1C. The molecular formula is C14H24N2S. The summed E-state index contributed by atoms with van der Waals surface area (Å²) in [5, 5.41) is 0. The number of imidazole rings is 1. The quantitative estimate of drug-likeness (QED) is 0.759. The van der Waals surface area contributed by atoms with E-state index in [1.165, 1.54) is 25.0 Å². The van der Waals surface area contributed by atoms with Crippen molar-refractivity contribution in [3.8, 4) is 0 Å². The Bertz CT molecular complexity index is 430. The van der Waals surface area contributed by atoms with Gasteiger partial charge in [0.05, 0.1) is 0 Å². The van der Waals surface area contributed by atoms with Crippen molar-refractivity contribution in [1.29, 1.82) is 0 Å². The average molecular weight is 252 g/mol. The van der Waals surface area contributed by atoms with E-state index in [0.717, 1.165) is 16.6 Å². The van der Waals surface area contributed by atoms with Gasteiger partial charge in [0.15, 0.2) is 4.77 Å². The third kappa shape index (κ3) is 2.35. The molecule has 1 N–H and O–H groups in total. The Morgan fingerprint density at radius 3 is 2.71 bits per heavy atom. The van der Waals surface area contributed by atoms with E-state index >= 15 is 0 Å². The second-order valence-electron chi connectivity index (χ2n) is 5.88. The van der Waals surface area contributed by atoms with E-state index in [1.54, 1.807) is 0 Å². The van der Waals surface area contributed by atoms with Crippen molar-refractivity contribution in [3.63, 3.8) is 0 Å². The van der Waals surface area contributed by atoms with Crippen LogP contribution in [-0.2, 0) is 0 Å². The lowest BCUT2D eigenvalue weighted by atomic mass is 9.77. The van der Waals surface area contributed by atoms with Gasteiger partial charge in [-0.2, -0.15) is 0 Å². The molecule has 0 spiro atoms. The molecular weight excluding hydrogens is 228 g/mol. The van der Waals surface area contributed by atoms with Gasteiger partial charge in [0.1, 0.15) is 0 Å². The molecule has 0 amide bonds. The van der Waals surface area contributed by atoms with E-state index in [0.29, 0.717) is 12.0 Å². The van der Waals surface area contributed by atoms with Crippen LogP contribution in [0.15, 0.2) is 6.20 Å². The fraction of sp³-hybridized carbons (Fsp3) is 0.786. The molecule has 1 fully saturated rings. The van der Waals surface area contributed by atoms with Crippen LogP contribution in [0, 0.1) is 16.6 Å². The van der Waals surface area contributed by atoms with Gasteiger partial charge in [0, 0.05) is 17.9 Å². The smallest absolute Gasteiger partial charge is 0.177 e. The maximum Gasteiger partial charge on any atom is 0.177 e. The molecule has 1 saturated carbocycles. The summed E-state index contributed by atoms with van der Waals surface area (Å²) in [4.78, 5) is 3.23. The second-order valence-corrected chi connectivity index (χ2v) is 6.26. The van der Waals surface area contributed by atoms with Crippen LogP contribution in [0.4, 0.5) is 0 Å². The van der Waals surface area contributed by atoms with Gasteiger partial charge in [0.25, 0.3) is 0 Å². The van der Waals surface area contributed by atoms with E-state index < -0.39 is 0 Å². The molecule has 0 aromatic carbocycles. The highest BCUT2D eigenvalue weighted by Gasteiger charge is 2.30. The molecule has 2 nitrogen and oxygen atoms in total. The van der Waals surface area contributed by atoms with E-state index in [9.17, 15) is 0 Å². The van der Waals surface area contributed by atoms with Crippen molar-refractivity contribution >= 4 is 12.2 Å². The molecule has 0 aliphatic heterocycles. The molecule has 0 radical (unpaired) electrons. The lowest BCUT2D eigenvalue weighted by Crippen LogP contribution is -2.28. The monoisotopic (exact) mass is 252 g/mol. The highest BCUT2D eigenvalue weighted by Crippen LogP contribution is 2.39. The largest absolute Gasteiger partial charge is 0.337 e. The zero-order valence-electron chi connectivity index (χ0n) is 11.4. The Morgan fingerprint density at radius 2 is 2.06 bits per heavy atom. The van der Waals surface area contributed by atoms with Crippen LogP contribution < -0.4 is 0 Å². The number of hydrogen-bond acceptors (Lipinski definition) is 1. The molecule has 2 rings (SSSR count). The van der Waals surface area contributed by atoms with Crippen molar-refractivity contribution < 1.29 is 0 Å². The van der Waals surface area contributed by atoms with Gasteiger partial charge in [-0.25, -0.2) is 0 Å². The molecule has 3 unspecified atom stereocenters. The van der Waals surface area contributed by atoms with Crippen LogP contribution >= 0.6 is 12.2 Å². The summed E-state index contributed by atoms with van der Waals surface area (Å²) in [6.45, 7) is 9.24. The summed E-state index contributed by atoms with van der Waals surface area (Å²) in [5.41, 5.74) is 1.36. The average Bonchev–Trinajstić information content (AvgIpc) is 2.65. The lowest BCUT2D eigenvalue weighted by Gasteiger charge is -2.36. The van der Waals surface area contributed by atoms with Crippen molar-refractivity contribution in [3.05, 3.63) is 16.7 Å². The number of H-pyrrole nitrogens is 1. The van der Waals surface area contributed by atoms with Crippen molar-refractivity contribution in [2.75, 3.05) is 0 Å². The molecule has 1 aliphatic carbocycles. The minimum Gasteiger partial charge on any atom is -0.337 e. The summed E-state index contributed by atoms with van der Waals surface area (Å²) in [6.07, 6.45) is 6.07. The Morgan fingerprint density at radius 1 is 1.35 bits per heavy atom. The topological polar surface area (TPSA) is 20.7 Å². The zero-order chi connectivity index (χ0) is 12.6. The van der Waals surface area contributed by atoms with E-state index in [1.807, 2.05) is 0 Å². The first-order valence-corrected chi connectivity index (χ1v) is 7.23. The maximum atomic E-state index is 5.47. The normalized spacial score (nSPS) is 29.8. The molecule has 96 valence electrons.